The number of esters is 1. The van der Waals surface area contributed by atoms with Gasteiger partial charge in [0, 0.05) is 18.3 Å². The second-order valence-electron chi connectivity index (χ2n) is 7.36. The molecule has 24 heavy (non-hydrogen) atoms. The summed E-state index contributed by atoms with van der Waals surface area (Å²) in [6, 6.07) is 7.77. The molecule has 128 valence electrons. The Morgan fingerprint density at radius 3 is 2.92 bits per heavy atom. The maximum atomic E-state index is 12.8. The molecule has 0 unspecified atom stereocenters. The molecule has 5 heteroatoms. The van der Waals surface area contributed by atoms with Crippen LogP contribution in [0, 0.1) is 11.8 Å². The Morgan fingerprint density at radius 1 is 1.33 bits per heavy atom. The number of rotatable bonds is 2. The van der Waals surface area contributed by atoms with E-state index in [1.165, 1.54) is 0 Å². The number of carbonyl (C=O) groups excluding carboxylic acids is 2. The largest absolute Gasteiger partial charge is 0.467 e. The maximum absolute atomic E-state index is 12.8. The van der Waals surface area contributed by atoms with Crippen LogP contribution in [0.5, 0.6) is 5.75 Å². The topological polar surface area (TPSA) is 64.6 Å². The van der Waals surface area contributed by atoms with Gasteiger partial charge in [0.05, 0.1) is 6.10 Å². The van der Waals surface area contributed by atoms with Crippen LogP contribution < -0.4 is 10.1 Å². The number of hydrogen-bond donors (Lipinski definition) is 1. The van der Waals surface area contributed by atoms with E-state index in [9.17, 15) is 9.59 Å². The van der Waals surface area contributed by atoms with Gasteiger partial charge in [-0.2, -0.15) is 0 Å². The van der Waals surface area contributed by atoms with Crippen LogP contribution in [-0.4, -0.2) is 23.7 Å². The fraction of sp³-hybridized carbons (Fsp3) is 0.579. The fourth-order valence-electron chi connectivity index (χ4n) is 4.63. The molecule has 1 aromatic carbocycles. The summed E-state index contributed by atoms with van der Waals surface area (Å²) in [5.74, 6) is -0.767. The average molecular weight is 329 g/mol. The van der Waals surface area contributed by atoms with Crippen LogP contribution in [0.15, 0.2) is 24.3 Å². The lowest BCUT2D eigenvalue weighted by Crippen LogP contribution is -2.69. The predicted molar refractivity (Wildman–Crippen MR) is 87.4 cm³/mol. The van der Waals surface area contributed by atoms with Crippen LogP contribution in [-0.2, 0) is 14.3 Å². The molecule has 5 nitrogen and oxygen atoms in total. The van der Waals surface area contributed by atoms with Gasteiger partial charge in [0.2, 0.25) is 5.91 Å². The molecule has 2 aliphatic heterocycles. The van der Waals surface area contributed by atoms with E-state index in [0.29, 0.717) is 0 Å². The van der Waals surface area contributed by atoms with E-state index in [1.807, 2.05) is 38.1 Å². The second-order valence-corrected chi connectivity index (χ2v) is 7.36. The van der Waals surface area contributed by atoms with E-state index in [4.69, 9.17) is 9.47 Å². The van der Waals surface area contributed by atoms with Gasteiger partial charge in [0.1, 0.15) is 11.7 Å². The highest BCUT2D eigenvalue weighted by Gasteiger charge is 2.61. The molecule has 4 atom stereocenters. The average Bonchev–Trinajstić information content (AvgIpc) is 2.53. The van der Waals surface area contributed by atoms with Gasteiger partial charge in [0.25, 0.3) is 0 Å². The van der Waals surface area contributed by atoms with Gasteiger partial charge < -0.3 is 14.8 Å². The van der Waals surface area contributed by atoms with E-state index >= 15 is 0 Å². The first-order chi connectivity index (χ1) is 11.5. The third-order valence-corrected chi connectivity index (χ3v) is 5.50. The zero-order chi connectivity index (χ0) is 16.9. The molecule has 1 N–H and O–H groups in total. The number of hydrogen-bond acceptors (Lipinski definition) is 4. The van der Waals surface area contributed by atoms with Crippen molar-refractivity contribution in [1.29, 1.82) is 0 Å². The lowest BCUT2D eigenvalue weighted by Gasteiger charge is -2.55. The zero-order valence-electron chi connectivity index (χ0n) is 14.1. The molecular formula is C19H23NO4. The van der Waals surface area contributed by atoms with Crippen molar-refractivity contribution < 1.29 is 19.1 Å². The van der Waals surface area contributed by atoms with Crippen LogP contribution in [0.25, 0.3) is 0 Å². The number of fused-ring (bicyclic) bond motifs is 2. The number of ether oxygens (including phenoxy) is 2. The maximum Gasteiger partial charge on any atom is 0.319 e. The fourth-order valence-corrected chi connectivity index (χ4v) is 4.63. The van der Waals surface area contributed by atoms with Gasteiger partial charge in [-0.05, 0) is 38.3 Å². The normalized spacial score (nSPS) is 33.8. The molecule has 1 aliphatic carbocycles. The Morgan fingerprint density at radius 2 is 2.12 bits per heavy atom. The minimum Gasteiger partial charge on any atom is -0.467 e. The van der Waals surface area contributed by atoms with Gasteiger partial charge >= 0.3 is 5.97 Å². The lowest BCUT2D eigenvalue weighted by molar-refractivity contribution is -0.173. The van der Waals surface area contributed by atoms with Crippen molar-refractivity contribution in [2.45, 2.75) is 57.3 Å². The third kappa shape index (κ3) is 2.21. The Bertz CT molecular complexity index is 686. The standard InChI is InChI=1S/C19H23NO4/c1-11(2)23-18(22)16-15-12-7-3-4-9-14(12)24-19(20-17(16)21)10-6-5-8-13(15)19/h3-4,7,9,11,13,15-16H,5-6,8,10H2,1-2H3,(H,20,21)/t13-,15+,16-,19+/m0/s1. The van der Waals surface area contributed by atoms with E-state index in [1.54, 1.807) is 0 Å². The van der Waals surface area contributed by atoms with Crippen LogP contribution in [0.3, 0.4) is 0 Å². The molecule has 0 radical (unpaired) electrons. The highest BCUT2D eigenvalue weighted by Crippen LogP contribution is 2.55. The molecular weight excluding hydrogens is 306 g/mol. The van der Waals surface area contributed by atoms with Gasteiger partial charge in [-0.15, -0.1) is 0 Å². The van der Waals surface area contributed by atoms with E-state index < -0.39 is 17.6 Å². The number of amides is 1. The molecule has 0 spiro atoms. The molecule has 2 heterocycles. The highest BCUT2D eigenvalue weighted by atomic mass is 16.5. The first kappa shape index (κ1) is 15.5. The molecule has 3 aliphatic rings. The van der Waals surface area contributed by atoms with Crippen LogP contribution in [0.1, 0.15) is 51.0 Å². The number of para-hydroxylation sites is 1. The van der Waals surface area contributed by atoms with Gasteiger partial charge in [-0.25, -0.2) is 0 Å². The van der Waals surface area contributed by atoms with Crippen molar-refractivity contribution in [3.8, 4) is 5.75 Å². The summed E-state index contributed by atoms with van der Waals surface area (Å²) in [4.78, 5) is 25.5. The molecule has 2 bridgehead atoms. The second kappa shape index (κ2) is 5.50. The molecule has 0 aromatic heterocycles. The summed E-state index contributed by atoms with van der Waals surface area (Å²) in [5, 5.41) is 3.05. The summed E-state index contributed by atoms with van der Waals surface area (Å²) in [5.41, 5.74) is 0.295. The van der Waals surface area contributed by atoms with E-state index in [2.05, 4.69) is 5.32 Å². The van der Waals surface area contributed by atoms with Crippen molar-refractivity contribution in [3.05, 3.63) is 29.8 Å². The quantitative estimate of drug-likeness (QED) is 0.669. The van der Waals surface area contributed by atoms with Crippen molar-refractivity contribution in [2.24, 2.45) is 11.8 Å². The Kier molecular flexibility index (Phi) is 3.55. The molecule has 4 rings (SSSR count). The predicted octanol–water partition coefficient (Wildman–Crippen LogP) is 2.75. The summed E-state index contributed by atoms with van der Waals surface area (Å²) in [6.45, 7) is 3.61. The summed E-state index contributed by atoms with van der Waals surface area (Å²) >= 11 is 0. The number of nitrogens with one attached hydrogen (secondary N) is 1. The molecule has 1 saturated carbocycles. The SMILES string of the molecule is CC(C)OC(=O)[C@@H]1C(=O)N[C@@]23CCCC[C@H]2[C@H]1c1ccccc1O3. The lowest BCUT2D eigenvalue weighted by atomic mass is 9.62. The summed E-state index contributed by atoms with van der Waals surface area (Å²) in [7, 11) is 0. The van der Waals surface area contributed by atoms with Crippen LogP contribution >= 0.6 is 0 Å². The molecule has 1 aromatic rings. The first-order valence-electron chi connectivity index (χ1n) is 8.82. The highest BCUT2D eigenvalue weighted by molar-refractivity contribution is 6.00. The van der Waals surface area contributed by atoms with Gasteiger partial charge in [-0.3, -0.25) is 9.59 Å². The van der Waals surface area contributed by atoms with Crippen molar-refractivity contribution in [1.82, 2.24) is 5.32 Å². The third-order valence-electron chi connectivity index (χ3n) is 5.50. The summed E-state index contributed by atoms with van der Waals surface area (Å²) in [6.07, 6.45) is 3.62. The zero-order valence-corrected chi connectivity index (χ0v) is 14.1. The van der Waals surface area contributed by atoms with Crippen LogP contribution in [0.2, 0.25) is 0 Å². The number of carbonyl (C=O) groups is 2. The smallest absolute Gasteiger partial charge is 0.319 e. The van der Waals surface area contributed by atoms with Gasteiger partial charge in [0.15, 0.2) is 5.72 Å². The van der Waals surface area contributed by atoms with E-state index in [-0.39, 0.29) is 23.8 Å². The van der Waals surface area contributed by atoms with Crippen molar-refractivity contribution in [2.75, 3.05) is 0 Å². The first-order valence-corrected chi connectivity index (χ1v) is 8.82. The van der Waals surface area contributed by atoms with Crippen molar-refractivity contribution >= 4 is 11.9 Å². The Balaban J connectivity index is 1.82. The minimum absolute atomic E-state index is 0.114. The number of benzene rings is 1. The Hall–Kier alpha value is -2.04. The van der Waals surface area contributed by atoms with Crippen LogP contribution in [0.4, 0.5) is 0 Å². The molecule has 1 saturated heterocycles. The molecule has 2 fully saturated rings. The monoisotopic (exact) mass is 329 g/mol. The van der Waals surface area contributed by atoms with Gasteiger partial charge in [-0.1, -0.05) is 24.6 Å². The number of piperidine rings is 1. The molecule has 1 amide bonds. The van der Waals surface area contributed by atoms with Crippen molar-refractivity contribution in [3.63, 3.8) is 0 Å². The van der Waals surface area contributed by atoms with E-state index in [0.717, 1.165) is 37.0 Å². The summed E-state index contributed by atoms with van der Waals surface area (Å²) < 4.78 is 11.7. The Labute approximate surface area is 141 Å². The minimum atomic E-state index is -0.798.